The lowest BCUT2D eigenvalue weighted by atomic mass is 9.90. The summed E-state index contributed by atoms with van der Waals surface area (Å²) in [4.78, 5) is 15.3. The van der Waals surface area contributed by atoms with E-state index in [-0.39, 0.29) is 5.82 Å². The van der Waals surface area contributed by atoms with E-state index < -0.39 is 0 Å². The van der Waals surface area contributed by atoms with Crippen LogP contribution in [-0.2, 0) is 17.8 Å². The van der Waals surface area contributed by atoms with E-state index >= 15 is 0 Å². The Bertz CT molecular complexity index is 1050. The smallest absolute Gasteiger partial charge is 0.225 e. The highest BCUT2D eigenvalue weighted by Gasteiger charge is 2.43. The number of piperidine rings is 1. The molecule has 0 unspecified atom stereocenters. The first-order valence-electron chi connectivity index (χ1n) is 12.0. The van der Waals surface area contributed by atoms with Crippen LogP contribution in [0.1, 0.15) is 42.7 Å². The number of halogens is 1. The summed E-state index contributed by atoms with van der Waals surface area (Å²) < 4.78 is 30.6. The van der Waals surface area contributed by atoms with Crippen LogP contribution < -0.4 is 9.64 Å². The maximum absolute atomic E-state index is 14.4. The molecule has 2 aliphatic rings. The molecular formula is C26H31FN4O3. The molecule has 0 bridgehead atoms. The van der Waals surface area contributed by atoms with Crippen molar-refractivity contribution in [1.82, 2.24) is 15.0 Å². The molecule has 8 heteroatoms. The van der Waals surface area contributed by atoms with Gasteiger partial charge in [0, 0.05) is 44.2 Å². The van der Waals surface area contributed by atoms with E-state index in [1.54, 1.807) is 19.4 Å². The summed E-state index contributed by atoms with van der Waals surface area (Å²) in [6, 6.07) is 5.03. The number of nitrogens with zero attached hydrogens (tertiary/aromatic N) is 4. The molecule has 180 valence electrons. The fourth-order valence-electron chi connectivity index (χ4n) is 5.05. The third-order valence-electron chi connectivity index (χ3n) is 7.01. The highest BCUT2D eigenvalue weighted by Crippen LogP contribution is 2.49. The summed E-state index contributed by atoms with van der Waals surface area (Å²) in [7, 11) is 1.68. The van der Waals surface area contributed by atoms with Crippen molar-refractivity contribution in [2.45, 2.75) is 38.7 Å². The van der Waals surface area contributed by atoms with Gasteiger partial charge < -0.3 is 18.8 Å². The Labute approximate surface area is 199 Å². The van der Waals surface area contributed by atoms with Crippen LogP contribution in [0.15, 0.2) is 47.5 Å². The normalized spacial score (nSPS) is 20.5. The van der Waals surface area contributed by atoms with E-state index in [1.807, 2.05) is 18.5 Å². The summed E-state index contributed by atoms with van der Waals surface area (Å²) in [6.45, 7) is 3.18. The first kappa shape index (κ1) is 22.8. The Kier molecular flexibility index (Phi) is 7.04. The molecule has 2 fully saturated rings. The van der Waals surface area contributed by atoms with E-state index in [4.69, 9.17) is 13.9 Å². The lowest BCUT2D eigenvalue weighted by molar-refractivity contribution is 0.184. The molecule has 1 aliphatic heterocycles. The third-order valence-corrected chi connectivity index (χ3v) is 7.01. The third kappa shape index (κ3) is 5.55. The van der Waals surface area contributed by atoms with Crippen LogP contribution in [0, 0.1) is 23.6 Å². The Morgan fingerprint density at radius 3 is 2.68 bits per heavy atom. The molecule has 7 nitrogen and oxygen atoms in total. The summed E-state index contributed by atoms with van der Waals surface area (Å²) in [5.74, 6) is 3.88. The molecule has 2 aromatic heterocycles. The van der Waals surface area contributed by atoms with Gasteiger partial charge in [-0.05, 0) is 55.1 Å². The average molecular weight is 467 g/mol. The number of anilines is 1. The topological polar surface area (TPSA) is 73.5 Å². The zero-order valence-corrected chi connectivity index (χ0v) is 19.5. The van der Waals surface area contributed by atoms with Gasteiger partial charge in [-0.1, -0.05) is 6.07 Å². The first-order chi connectivity index (χ1) is 16.7. The van der Waals surface area contributed by atoms with E-state index in [0.29, 0.717) is 36.8 Å². The number of aromatic nitrogens is 3. The number of hydrogen-bond donors (Lipinski definition) is 0. The number of oxazole rings is 1. The van der Waals surface area contributed by atoms with Gasteiger partial charge in [0.05, 0.1) is 25.8 Å². The number of rotatable bonds is 10. The highest BCUT2D eigenvalue weighted by atomic mass is 19.1. The molecule has 1 saturated heterocycles. The maximum Gasteiger partial charge on any atom is 0.225 e. The minimum absolute atomic E-state index is 0.288. The predicted molar refractivity (Wildman–Crippen MR) is 125 cm³/mol. The summed E-state index contributed by atoms with van der Waals surface area (Å²) in [5, 5.41) is 0. The second-order valence-corrected chi connectivity index (χ2v) is 9.30. The average Bonchev–Trinajstić information content (AvgIpc) is 3.44. The van der Waals surface area contributed by atoms with Gasteiger partial charge in [0.15, 0.2) is 5.89 Å². The van der Waals surface area contributed by atoms with Crippen LogP contribution in [0.4, 0.5) is 10.3 Å². The number of benzene rings is 1. The summed E-state index contributed by atoms with van der Waals surface area (Å²) in [6.07, 6.45) is 11.8. The van der Waals surface area contributed by atoms with Gasteiger partial charge in [-0.15, -0.1) is 0 Å². The maximum atomic E-state index is 14.4. The molecule has 0 spiro atoms. The van der Waals surface area contributed by atoms with Crippen molar-refractivity contribution in [2.24, 2.45) is 17.8 Å². The van der Waals surface area contributed by atoms with Gasteiger partial charge in [-0.25, -0.2) is 19.3 Å². The predicted octanol–water partition coefficient (Wildman–Crippen LogP) is 4.66. The molecule has 5 rings (SSSR count). The Hall–Kier alpha value is -3.00. The van der Waals surface area contributed by atoms with Crippen LogP contribution in [0.3, 0.4) is 0 Å². The van der Waals surface area contributed by atoms with Crippen molar-refractivity contribution >= 4 is 5.95 Å². The van der Waals surface area contributed by atoms with Gasteiger partial charge in [0.2, 0.25) is 5.95 Å². The van der Waals surface area contributed by atoms with Crippen molar-refractivity contribution < 1.29 is 18.3 Å². The van der Waals surface area contributed by atoms with Gasteiger partial charge in [0.1, 0.15) is 17.8 Å². The van der Waals surface area contributed by atoms with Gasteiger partial charge in [0.25, 0.3) is 0 Å². The fourth-order valence-corrected chi connectivity index (χ4v) is 5.05. The minimum atomic E-state index is -0.288. The van der Waals surface area contributed by atoms with Crippen molar-refractivity contribution in [3.8, 4) is 5.75 Å². The Balaban J connectivity index is 1.02. The van der Waals surface area contributed by atoms with E-state index in [2.05, 4.69) is 19.9 Å². The molecule has 0 radical (unpaired) electrons. The molecule has 0 amide bonds. The van der Waals surface area contributed by atoms with Gasteiger partial charge in [-0.2, -0.15) is 0 Å². The van der Waals surface area contributed by atoms with E-state index in [1.165, 1.54) is 31.6 Å². The molecule has 34 heavy (non-hydrogen) atoms. The number of methoxy groups -OCH3 is 1. The molecular weight excluding hydrogens is 435 g/mol. The van der Waals surface area contributed by atoms with Crippen molar-refractivity contribution in [3.63, 3.8) is 0 Å². The molecule has 0 N–H and O–H groups in total. The van der Waals surface area contributed by atoms with Crippen LogP contribution in [0.25, 0.3) is 0 Å². The molecule has 1 aromatic carbocycles. The largest absolute Gasteiger partial charge is 0.493 e. The Morgan fingerprint density at radius 1 is 1.15 bits per heavy atom. The Morgan fingerprint density at radius 2 is 1.97 bits per heavy atom. The van der Waals surface area contributed by atoms with Crippen LogP contribution in [-0.4, -0.2) is 41.8 Å². The first-order valence-corrected chi connectivity index (χ1v) is 12.0. The minimum Gasteiger partial charge on any atom is -0.493 e. The molecule has 1 aliphatic carbocycles. The van der Waals surface area contributed by atoms with E-state index in [0.717, 1.165) is 48.8 Å². The monoisotopic (exact) mass is 466 g/mol. The molecule has 1 saturated carbocycles. The summed E-state index contributed by atoms with van der Waals surface area (Å²) in [5.41, 5.74) is 1.55. The second-order valence-electron chi connectivity index (χ2n) is 9.30. The van der Waals surface area contributed by atoms with Crippen molar-refractivity contribution in [1.29, 1.82) is 0 Å². The fraction of sp³-hybridized carbons (Fsp3) is 0.500. The lowest BCUT2D eigenvalue weighted by Crippen LogP contribution is -2.35. The highest BCUT2D eigenvalue weighted by molar-refractivity contribution is 5.31. The zero-order chi connectivity index (χ0) is 23.3. The SMILES string of the molecule is COCc1cnc(N2CCC([C@H]3C[C@H]3CCOc3ccc(Cc4ncco4)c(F)c3)CC2)nc1. The van der Waals surface area contributed by atoms with Crippen molar-refractivity contribution in [3.05, 3.63) is 65.9 Å². The number of ether oxygens (including phenoxy) is 2. The van der Waals surface area contributed by atoms with Crippen LogP contribution >= 0.6 is 0 Å². The standard InChI is InChI=1S/C26H31FN4O3/c1-32-17-18-15-29-26(30-16-18)31-8-4-19(5-9-31)23-12-20(23)6-10-33-22-3-2-21(24(27)14-22)13-25-28-7-11-34-25/h2-3,7,11,14-16,19-20,23H,4-6,8-10,12-13,17H2,1H3/t20-,23-/m1/s1. The van der Waals surface area contributed by atoms with Crippen LogP contribution in [0.5, 0.6) is 5.75 Å². The van der Waals surface area contributed by atoms with Gasteiger partial charge in [-0.3, -0.25) is 0 Å². The zero-order valence-electron chi connectivity index (χ0n) is 19.5. The molecule has 3 aromatic rings. The van der Waals surface area contributed by atoms with E-state index in [9.17, 15) is 4.39 Å². The lowest BCUT2D eigenvalue weighted by Gasteiger charge is -2.32. The second kappa shape index (κ2) is 10.5. The summed E-state index contributed by atoms with van der Waals surface area (Å²) >= 11 is 0. The quantitative estimate of drug-likeness (QED) is 0.430. The van der Waals surface area contributed by atoms with Crippen molar-refractivity contribution in [2.75, 3.05) is 31.7 Å². The molecule has 3 heterocycles. The van der Waals surface area contributed by atoms with Gasteiger partial charge >= 0.3 is 0 Å². The van der Waals surface area contributed by atoms with Crippen LogP contribution in [0.2, 0.25) is 0 Å². The number of hydrogen-bond acceptors (Lipinski definition) is 7. The molecule has 2 atom stereocenters.